The molecular formula is C24H38O4. The summed E-state index contributed by atoms with van der Waals surface area (Å²) in [6.07, 6.45) is 11.4. The van der Waals surface area contributed by atoms with Crippen LogP contribution in [0.1, 0.15) is 78.6 Å². The van der Waals surface area contributed by atoms with Crippen molar-refractivity contribution in [3.8, 4) is 0 Å². The number of rotatable bonds is 6. The predicted molar refractivity (Wildman–Crippen MR) is 109 cm³/mol. The number of aliphatic hydroxyl groups excluding tert-OH is 1. The van der Waals surface area contributed by atoms with Gasteiger partial charge in [-0.25, -0.2) is 0 Å². The van der Waals surface area contributed by atoms with Crippen molar-refractivity contribution in [2.75, 3.05) is 13.2 Å². The first kappa shape index (κ1) is 20.6. The molecule has 0 aliphatic heterocycles. The van der Waals surface area contributed by atoms with Crippen molar-refractivity contribution in [2.45, 2.75) is 91.0 Å². The summed E-state index contributed by atoms with van der Waals surface area (Å²) in [4.78, 5) is 12.0. The van der Waals surface area contributed by atoms with Gasteiger partial charge in [-0.1, -0.05) is 19.4 Å². The van der Waals surface area contributed by atoms with Gasteiger partial charge in [0.2, 0.25) is 0 Å². The van der Waals surface area contributed by atoms with E-state index in [1.165, 1.54) is 31.3 Å². The number of aliphatic hydroxyl groups is 1. The molecule has 158 valence electrons. The summed E-state index contributed by atoms with van der Waals surface area (Å²) < 4.78 is 12.2. The van der Waals surface area contributed by atoms with Crippen LogP contribution in [0.4, 0.5) is 0 Å². The zero-order valence-corrected chi connectivity index (χ0v) is 17.9. The molecule has 7 atom stereocenters. The van der Waals surface area contributed by atoms with Crippen LogP contribution in [-0.2, 0) is 14.3 Å². The highest BCUT2D eigenvalue weighted by Gasteiger charge is 2.59. The Bertz CT molecular complexity index is 622. The number of ketones is 1. The van der Waals surface area contributed by atoms with Crippen molar-refractivity contribution in [1.82, 2.24) is 0 Å². The van der Waals surface area contributed by atoms with Gasteiger partial charge in [0.05, 0.1) is 6.10 Å². The van der Waals surface area contributed by atoms with Gasteiger partial charge in [-0.15, -0.1) is 0 Å². The molecule has 4 nitrogen and oxygen atoms in total. The molecular weight excluding hydrogens is 352 g/mol. The third-order valence-corrected chi connectivity index (χ3v) is 8.91. The Kier molecular flexibility index (Phi) is 5.76. The van der Waals surface area contributed by atoms with Crippen molar-refractivity contribution < 1.29 is 19.4 Å². The van der Waals surface area contributed by atoms with E-state index in [9.17, 15) is 9.90 Å². The van der Waals surface area contributed by atoms with Crippen LogP contribution in [0.2, 0.25) is 0 Å². The number of ether oxygens (including phenoxy) is 2. The Morgan fingerprint density at radius 1 is 1.14 bits per heavy atom. The van der Waals surface area contributed by atoms with Crippen molar-refractivity contribution in [3.63, 3.8) is 0 Å². The molecule has 0 aromatic carbocycles. The molecule has 3 fully saturated rings. The van der Waals surface area contributed by atoms with E-state index in [4.69, 9.17) is 9.47 Å². The van der Waals surface area contributed by atoms with E-state index in [-0.39, 0.29) is 29.8 Å². The van der Waals surface area contributed by atoms with E-state index in [1.807, 2.05) is 13.0 Å². The highest BCUT2D eigenvalue weighted by molar-refractivity contribution is 5.91. The molecule has 0 bridgehead atoms. The lowest BCUT2D eigenvalue weighted by atomic mass is 9.47. The standard InChI is InChI=1S/C24H38O4/c1-4-27-22(11-14-25)28-21-8-7-19-18-6-5-16-15-17(26)9-12-23(16,2)20(18)10-13-24(19,21)3/h15,18-22,25H,4-14H2,1-3H3/t18-,19-,20+,21?,22?,23-,24-/m0/s1. The minimum absolute atomic E-state index is 0.106. The normalized spacial score (nSPS) is 43.7. The van der Waals surface area contributed by atoms with Gasteiger partial charge in [-0.05, 0) is 86.5 Å². The van der Waals surface area contributed by atoms with E-state index >= 15 is 0 Å². The number of hydrogen-bond donors (Lipinski definition) is 1. The lowest BCUT2D eigenvalue weighted by Crippen LogP contribution is -2.52. The van der Waals surface area contributed by atoms with Crippen LogP contribution in [0.15, 0.2) is 11.6 Å². The minimum atomic E-state index is -0.281. The molecule has 0 aromatic rings. The molecule has 4 heteroatoms. The van der Waals surface area contributed by atoms with Crippen LogP contribution in [-0.4, -0.2) is 36.5 Å². The van der Waals surface area contributed by atoms with Crippen LogP contribution in [0.25, 0.3) is 0 Å². The summed E-state index contributed by atoms with van der Waals surface area (Å²) in [5.74, 6) is 2.53. The fraction of sp³-hybridized carbons (Fsp3) is 0.875. The van der Waals surface area contributed by atoms with Gasteiger partial charge in [0.15, 0.2) is 12.1 Å². The number of carbonyl (C=O) groups is 1. The van der Waals surface area contributed by atoms with Crippen LogP contribution in [0, 0.1) is 28.6 Å². The van der Waals surface area contributed by atoms with Gasteiger partial charge in [-0.3, -0.25) is 4.79 Å². The first-order valence-corrected chi connectivity index (χ1v) is 11.5. The number of allylic oxidation sites excluding steroid dienone is 1. The van der Waals surface area contributed by atoms with Crippen LogP contribution in [0.3, 0.4) is 0 Å². The van der Waals surface area contributed by atoms with Gasteiger partial charge in [-0.2, -0.15) is 0 Å². The number of fused-ring (bicyclic) bond motifs is 5. The molecule has 4 aliphatic rings. The maximum Gasteiger partial charge on any atom is 0.160 e. The molecule has 4 aliphatic carbocycles. The van der Waals surface area contributed by atoms with Crippen molar-refractivity contribution in [1.29, 1.82) is 0 Å². The Morgan fingerprint density at radius 3 is 2.71 bits per heavy atom. The highest BCUT2D eigenvalue weighted by atomic mass is 16.7. The molecule has 3 saturated carbocycles. The monoisotopic (exact) mass is 390 g/mol. The molecule has 0 saturated heterocycles. The lowest BCUT2D eigenvalue weighted by Gasteiger charge is -2.58. The molecule has 0 radical (unpaired) electrons. The largest absolute Gasteiger partial charge is 0.396 e. The summed E-state index contributed by atoms with van der Waals surface area (Å²) in [6.45, 7) is 7.61. The maximum absolute atomic E-state index is 12.0. The van der Waals surface area contributed by atoms with Gasteiger partial charge in [0.25, 0.3) is 0 Å². The molecule has 2 unspecified atom stereocenters. The van der Waals surface area contributed by atoms with Gasteiger partial charge in [0.1, 0.15) is 0 Å². The van der Waals surface area contributed by atoms with E-state index in [1.54, 1.807) is 0 Å². The topological polar surface area (TPSA) is 55.8 Å². The first-order valence-electron chi connectivity index (χ1n) is 11.5. The number of carbonyl (C=O) groups excluding carboxylic acids is 1. The Morgan fingerprint density at radius 2 is 1.96 bits per heavy atom. The van der Waals surface area contributed by atoms with Gasteiger partial charge < -0.3 is 14.6 Å². The van der Waals surface area contributed by atoms with Crippen molar-refractivity contribution in [2.24, 2.45) is 28.6 Å². The fourth-order valence-electron chi connectivity index (χ4n) is 7.40. The SMILES string of the molecule is CCOC(CCO)OC1CC[C@H]2[C@@H]3CCC4=CC(=O)CC[C@]4(C)[C@@H]3CC[C@]12C. The second-order valence-electron chi connectivity index (χ2n) is 10.1. The molecule has 1 N–H and O–H groups in total. The first-order chi connectivity index (χ1) is 13.4. The minimum Gasteiger partial charge on any atom is -0.396 e. The van der Waals surface area contributed by atoms with E-state index in [2.05, 4.69) is 13.8 Å². The Hall–Kier alpha value is -0.710. The van der Waals surface area contributed by atoms with Crippen molar-refractivity contribution in [3.05, 3.63) is 11.6 Å². The van der Waals surface area contributed by atoms with E-state index in [0.717, 1.165) is 37.5 Å². The molecule has 0 aromatic heterocycles. The zero-order valence-electron chi connectivity index (χ0n) is 17.9. The molecule has 0 amide bonds. The average molecular weight is 391 g/mol. The van der Waals surface area contributed by atoms with Crippen LogP contribution < -0.4 is 0 Å². The predicted octanol–water partition coefficient (Wildman–Crippen LogP) is 4.65. The fourth-order valence-corrected chi connectivity index (χ4v) is 7.40. The second-order valence-corrected chi connectivity index (χ2v) is 10.1. The summed E-state index contributed by atoms with van der Waals surface area (Å²) >= 11 is 0. The highest BCUT2D eigenvalue weighted by Crippen LogP contribution is 2.65. The molecule has 4 rings (SSSR count). The summed E-state index contributed by atoms with van der Waals surface area (Å²) in [5, 5.41) is 9.36. The maximum atomic E-state index is 12.0. The number of hydrogen-bond acceptors (Lipinski definition) is 4. The van der Waals surface area contributed by atoms with Crippen LogP contribution in [0.5, 0.6) is 0 Å². The summed E-state index contributed by atoms with van der Waals surface area (Å²) in [7, 11) is 0. The van der Waals surface area contributed by atoms with Crippen molar-refractivity contribution >= 4 is 5.78 Å². The molecule has 28 heavy (non-hydrogen) atoms. The molecule has 0 heterocycles. The van der Waals surface area contributed by atoms with Gasteiger partial charge in [0, 0.05) is 26.1 Å². The van der Waals surface area contributed by atoms with Gasteiger partial charge >= 0.3 is 0 Å². The summed E-state index contributed by atoms with van der Waals surface area (Å²) in [6, 6.07) is 0. The van der Waals surface area contributed by atoms with E-state index < -0.39 is 0 Å². The zero-order chi connectivity index (χ0) is 19.9. The van der Waals surface area contributed by atoms with E-state index in [0.29, 0.717) is 24.7 Å². The Labute approximate surface area is 170 Å². The van der Waals surface area contributed by atoms with Crippen LogP contribution >= 0.6 is 0 Å². The Balaban J connectivity index is 1.52. The third kappa shape index (κ3) is 3.30. The molecule has 0 spiro atoms. The second kappa shape index (κ2) is 7.85. The third-order valence-electron chi connectivity index (χ3n) is 8.91. The smallest absolute Gasteiger partial charge is 0.160 e. The lowest BCUT2D eigenvalue weighted by molar-refractivity contribution is -0.206. The summed E-state index contributed by atoms with van der Waals surface area (Å²) in [5.41, 5.74) is 1.90. The average Bonchev–Trinajstić information content (AvgIpc) is 2.99. The quantitative estimate of drug-likeness (QED) is 0.671.